The van der Waals surface area contributed by atoms with Gasteiger partial charge in [0.25, 0.3) is 0 Å². The Balaban J connectivity index is 0.00000225. The van der Waals surface area contributed by atoms with E-state index in [0.29, 0.717) is 6.04 Å². The quantitative estimate of drug-likeness (QED) is 0.372. The van der Waals surface area contributed by atoms with Gasteiger partial charge in [-0.3, -0.25) is 9.89 Å². The Bertz CT molecular complexity index is 594. The summed E-state index contributed by atoms with van der Waals surface area (Å²) in [6.45, 7) is 4.74. The van der Waals surface area contributed by atoms with Gasteiger partial charge in [0.1, 0.15) is 0 Å². The van der Waals surface area contributed by atoms with Crippen molar-refractivity contribution in [2.45, 2.75) is 31.5 Å². The van der Waals surface area contributed by atoms with Crippen LogP contribution in [0.25, 0.3) is 0 Å². The van der Waals surface area contributed by atoms with E-state index in [4.69, 9.17) is 4.74 Å². The molecule has 2 unspecified atom stereocenters. The van der Waals surface area contributed by atoms with Crippen LogP contribution in [-0.4, -0.2) is 72.8 Å². The molecule has 2 aliphatic rings. The minimum absolute atomic E-state index is 0. The van der Waals surface area contributed by atoms with Crippen molar-refractivity contribution in [1.29, 1.82) is 0 Å². The number of guanidine groups is 1. The third kappa shape index (κ3) is 5.33. The Morgan fingerprint density at radius 3 is 3.00 bits per heavy atom. The van der Waals surface area contributed by atoms with Crippen LogP contribution in [0.2, 0.25) is 0 Å². The lowest BCUT2D eigenvalue weighted by Gasteiger charge is -2.35. The summed E-state index contributed by atoms with van der Waals surface area (Å²) in [6, 6.07) is 2.79. The van der Waals surface area contributed by atoms with Gasteiger partial charge in [-0.05, 0) is 41.4 Å². The summed E-state index contributed by atoms with van der Waals surface area (Å²) in [4.78, 5) is 9.13. The fraction of sp³-hybridized carbons (Fsp3) is 0.706. The Morgan fingerprint density at radius 2 is 2.32 bits per heavy atom. The SMILES string of the molecule is CN=C(NCC1CN2CCCC2CO1)N(C)Cc1cc(Br)cn1C.I. The zero-order chi connectivity index (χ0) is 17.1. The van der Waals surface area contributed by atoms with E-state index in [2.05, 4.69) is 67.0 Å². The smallest absolute Gasteiger partial charge is 0.193 e. The molecule has 1 aromatic heterocycles. The molecule has 25 heavy (non-hydrogen) atoms. The maximum atomic E-state index is 6.02. The number of hydrogen-bond acceptors (Lipinski definition) is 3. The molecule has 0 amide bonds. The molecular formula is C17H29BrIN5O. The number of aryl methyl sites for hydroxylation is 1. The number of aromatic nitrogens is 1. The van der Waals surface area contributed by atoms with Gasteiger partial charge in [0.05, 0.1) is 19.3 Å². The summed E-state index contributed by atoms with van der Waals surface area (Å²) in [5.74, 6) is 0.902. The Morgan fingerprint density at radius 1 is 1.52 bits per heavy atom. The molecule has 0 bridgehead atoms. The van der Waals surface area contributed by atoms with Crippen LogP contribution in [-0.2, 0) is 18.3 Å². The molecule has 2 atom stereocenters. The Hall–Kier alpha value is -0.320. The number of hydrogen-bond donors (Lipinski definition) is 1. The molecular weight excluding hydrogens is 497 g/mol. The van der Waals surface area contributed by atoms with E-state index in [0.717, 1.165) is 36.7 Å². The fourth-order valence-electron chi connectivity index (χ4n) is 3.64. The van der Waals surface area contributed by atoms with E-state index in [1.54, 1.807) is 0 Å². The van der Waals surface area contributed by atoms with Crippen LogP contribution in [0, 0.1) is 0 Å². The monoisotopic (exact) mass is 525 g/mol. The molecule has 0 saturated carbocycles. The van der Waals surface area contributed by atoms with Crippen LogP contribution < -0.4 is 5.32 Å². The van der Waals surface area contributed by atoms with E-state index in [9.17, 15) is 0 Å². The van der Waals surface area contributed by atoms with Gasteiger partial charge in [-0.25, -0.2) is 0 Å². The highest BCUT2D eigenvalue weighted by Gasteiger charge is 2.32. The summed E-state index contributed by atoms with van der Waals surface area (Å²) in [5.41, 5.74) is 1.24. The van der Waals surface area contributed by atoms with Gasteiger partial charge >= 0.3 is 0 Å². The Kier molecular flexibility index (Phi) is 8.03. The van der Waals surface area contributed by atoms with Crippen LogP contribution in [0.1, 0.15) is 18.5 Å². The van der Waals surface area contributed by atoms with Crippen LogP contribution in [0.4, 0.5) is 0 Å². The molecule has 0 aromatic carbocycles. The lowest BCUT2D eigenvalue weighted by atomic mass is 10.2. The summed E-state index contributed by atoms with van der Waals surface area (Å²) in [6.07, 6.45) is 4.91. The Labute approximate surface area is 176 Å². The highest BCUT2D eigenvalue weighted by Crippen LogP contribution is 2.22. The van der Waals surface area contributed by atoms with Gasteiger partial charge in [0.15, 0.2) is 5.96 Å². The van der Waals surface area contributed by atoms with E-state index in [1.807, 2.05) is 7.05 Å². The van der Waals surface area contributed by atoms with Gasteiger partial charge in [-0.1, -0.05) is 0 Å². The van der Waals surface area contributed by atoms with Crippen molar-refractivity contribution >= 4 is 45.9 Å². The zero-order valence-electron chi connectivity index (χ0n) is 15.2. The van der Waals surface area contributed by atoms with Crippen molar-refractivity contribution in [3.05, 3.63) is 22.4 Å². The normalized spacial score (nSPS) is 23.9. The zero-order valence-corrected chi connectivity index (χ0v) is 19.2. The molecule has 1 aromatic rings. The maximum absolute atomic E-state index is 6.02. The van der Waals surface area contributed by atoms with Crippen molar-refractivity contribution in [2.75, 3.05) is 40.3 Å². The molecule has 6 nitrogen and oxygen atoms in total. The predicted octanol–water partition coefficient (Wildman–Crippen LogP) is 2.28. The molecule has 3 rings (SSSR count). The van der Waals surface area contributed by atoms with Gasteiger partial charge in [-0.15, -0.1) is 24.0 Å². The average Bonchev–Trinajstić information content (AvgIpc) is 3.13. The first kappa shape index (κ1) is 21.0. The summed E-state index contributed by atoms with van der Waals surface area (Å²) in [5, 5.41) is 3.47. The molecule has 0 aliphatic carbocycles. The van der Waals surface area contributed by atoms with Crippen molar-refractivity contribution < 1.29 is 4.74 Å². The number of rotatable bonds is 4. The number of nitrogens with one attached hydrogen (secondary N) is 1. The van der Waals surface area contributed by atoms with Gasteiger partial charge in [0, 0.05) is 56.6 Å². The minimum atomic E-state index is 0. The van der Waals surface area contributed by atoms with Gasteiger partial charge < -0.3 is 19.5 Å². The standard InChI is InChI=1S/C17H28BrN5O.HI/c1-19-17(22(3)10-15-7-13(18)9-21(15)2)20-8-16-11-23-6-4-5-14(23)12-24-16;/h7,9,14,16H,4-6,8,10-12H2,1-3H3,(H,19,20);1H. The van der Waals surface area contributed by atoms with E-state index in [-0.39, 0.29) is 30.1 Å². The number of nitrogens with zero attached hydrogens (tertiary/aromatic N) is 4. The van der Waals surface area contributed by atoms with Crippen LogP contribution in [0.15, 0.2) is 21.7 Å². The number of ether oxygens (including phenoxy) is 1. The highest BCUT2D eigenvalue weighted by atomic mass is 127. The molecule has 3 heterocycles. The topological polar surface area (TPSA) is 45.0 Å². The third-order valence-corrected chi connectivity index (χ3v) is 5.43. The summed E-state index contributed by atoms with van der Waals surface area (Å²) >= 11 is 3.53. The molecule has 142 valence electrons. The number of fused-ring (bicyclic) bond motifs is 1. The number of halogens is 2. The molecule has 2 saturated heterocycles. The number of aliphatic imine (C=N–C) groups is 1. The summed E-state index contributed by atoms with van der Waals surface area (Å²) in [7, 11) is 5.96. The van der Waals surface area contributed by atoms with Crippen molar-refractivity contribution in [3.8, 4) is 0 Å². The van der Waals surface area contributed by atoms with Crippen LogP contribution >= 0.6 is 39.9 Å². The minimum Gasteiger partial charge on any atom is -0.373 e. The third-order valence-electron chi connectivity index (χ3n) is 5.00. The van der Waals surface area contributed by atoms with Gasteiger partial charge in [-0.2, -0.15) is 0 Å². The van der Waals surface area contributed by atoms with Crippen LogP contribution in [0.3, 0.4) is 0 Å². The predicted molar refractivity (Wildman–Crippen MR) is 116 cm³/mol. The molecule has 2 aliphatic heterocycles. The molecule has 0 spiro atoms. The largest absolute Gasteiger partial charge is 0.373 e. The molecule has 2 fully saturated rings. The number of morpholine rings is 1. The maximum Gasteiger partial charge on any atom is 0.193 e. The first-order chi connectivity index (χ1) is 11.6. The van der Waals surface area contributed by atoms with Crippen molar-refractivity contribution in [1.82, 2.24) is 19.7 Å². The lowest BCUT2D eigenvalue weighted by molar-refractivity contribution is -0.0454. The van der Waals surface area contributed by atoms with Crippen molar-refractivity contribution in [2.24, 2.45) is 12.0 Å². The lowest BCUT2D eigenvalue weighted by Crippen LogP contribution is -2.51. The molecule has 1 N–H and O–H groups in total. The second-order valence-electron chi connectivity index (χ2n) is 6.79. The second-order valence-corrected chi connectivity index (χ2v) is 7.71. The van der Waals surface area contributed by atoms with Crippen molar-refractivity contribution in [3.63, 3.8) is 0 Å². The first-order valence-electron chi connectivity index (χ1n) is 8.65. The first-order valence-corrected chi connectivity index (χ1v) is 9.44. The average molecular weight is 526 g/mol. The second kappa shape index (κ2) is 9.57. The van der Waals surface area contributed by atoms with E-state index >= 15 is 0 Å². The fourth-order valence-corrected chi connectivity index (χ4v) is 4.21. The van der Waals surface area contributed by atoms with Gasteiger partial charge in [0.2, 0.25) is 0 Å². The highest BCUT2D eigenvalue weighted by molar-refractivity contribution is 14.0. The van der Waals surface area contributed by atoms with Crippen LogP contribution in [0.5, 0.6) is 0 Å². The van der Waals surface area contributed by atoms with E-state index < -0.39 is 0 Å². The molecule has 8 heteroatoms. The van der Waals surface area contributed by atoms with E-state index in [1.165, 1.54) is 25.1 Å². The molecule has 0 radical (unpaired) electrons. The summed E-state index contributed by atoms with van der Waals surface area (Å²) < 4.78 is 9.25.